The summed E-state index contributed by atoms with van der Waals surface area (Å²) in [4.78, 5) is 11.8. The predicted octanol–water partition coefficient (Wildman–Crippen LogP) is 2.28. The molecule has 0 saturated carbocycles. The Morgan fingerprint density at radius 1 is 1.33 bits per heavy atom. The highest BCUT2D eigenvalue weighted by molar-refractivity contribution is 6.33. The minimum Gasteiger partial charge on any atom is -0.508 e. The van der Waals surface area contributed by atoms with Gasteiger partial charge in [-0.05, 0) is 30.3 Å². The van der Waals surface area contributed by atoms with Crippen LogP contribution in [0, 0.1) is 0 Å². The Hall–Kier alpha value is -1.94. The number of benzene rings is 1. The number of nitrogens with zero attached hydrogens (tertiary/aromatic N) is 1. The number of amides is 1. The lowest BCUT2D eigenvalue weighted by molar-refractivity contribution is 0.0952. The first-order chi connectivity index (χ1) is 8.66. The molecular weight excluding hydrogens is 252 g/mol. The van der Waals surface area contributed by atoms with Crippen molar-refractivity contribution in [3.63, 3.8) is 0 Å². The molecule has 0 spiro atoms. The summed E-state index contributed by atoms with van der Waals surface area (Å²) in [5.41, 5.74) is 0.282. The second-order valence-corrected chi connectivity index (χ2v) is 4.25. The van der Waals surface area contributed by atoms with E-state index in [0.717, 1.165) is 0 Å². The second kappa shape index (κ2) is 5.60. The van der Waals surface area contributed by atoms with Crippen molar-refractivity contribution in [2.24, 2.45) is 0 Å². The van der Waals surface area contributed by atoms with Gasteiger partial charge in [-0.15, -0.1) is 0 Å². The number of carbonyl (C=O) groups excluding carboxylic acids is 1. The van der Waals surface area contributed by atoms with Crippen molar-refractivity contribution >= 4 is 17.5 Å². The first kappa shape index (κ1) is 12.5. The van der Waals surface area contributed by atoms with Crippen LogP contribution in [0.3, 0.4) is 0 Å². The van der Waals surface area contributed by atoms with Crippen molar-refractivity contribution in [3.8, 4) is 5.75 Å². The Balaban J connectivity index is 1.93. The normalized spacial score (nSPS) is 10.3. The Labute approximate surface area is 110 Å². The maximum Gasteiger partial charge on any atom is 0.252 e. The highest BCUT2D eigenvalue weighted by Gasteiger charge is 2.10. The zero-order chi connectivity index (χ0) is 13.0. The fourth-order valence-electron chi connectivity index (χ4n) is 1.60. The molecule has 1 heterocycles. The van der Waals surface area contributed by atoms with Crippen molar-refractivity contribution < 1.29 is 9.90 Å². The van der Waals surface area contributed by atoms with Gasteiger partial charge in [-0.1, -0.05) is 11.6 Å². The topological polar surface area (TPSA) is 54.3 Å². The van der Waals surface area contributed by atoms with Crippen molar-refractivity contribution in [3.05, 3.63) is 53.3 Å². The fraction of sp³-hybridized carbons (Fsp3) is 0.154. The molecule has 0 fully saturated rings. The summed E-state index contributed by atoms with van der Waals surface area (Å²) in [5, 5.41) is 12.4. The van der Waals surface area contributed by atoms with Gasteiger partial charge in [0.2, 0.25) is 0 Å². The van der Waals surface area contributed by atoms with E-state index in [4.69, 9.17) is 11.6 Å². The smallest absolute Gasteiger partial charge is 0.252 e. The molecule has 0 aliphatic rings. The molecule has 0 atom stereocenters. The van der Waals surface area contributed by atoms with Gasteiger partial charge in [0.15, 0.2) is 0 Å². The molecule has 5 heteroatoms. The number of aromatic hydroxyl groups is 1. The SMILES string of the molecule is O=C(NCCn1cccc1)c1cc(O)ccc1Cl. The van der Waals surface area contributed by atoms with Gasteiger partial charge in [-0.25, -0.2) is 0 Å². The molecule has 1 aromatic heterocycles. The van der Waals surface area contributed by atoms with Crippen molar-refractivity contribution in [1.82, 2.24) is 9.88 Å². The van der Waals surface area contributed by atoms with E-state index in [0.29, 0.717) is 18.1 Å². The highest BCUT2D eigenvalue weighted by atomic mass is 35.5. The minimum absolute atomic E-state index is 0.0231. The number of halogens is 1. The Morgan fingerprint density at radius 2 is 2.06 bits per heavy atom. The van der Waals surface area contributed by atoms with Gasteiger partial charge in [0.05, 0.1) is 10.6 Å². The molecule has 0 unspecified atom stereocenters. The number of hydrogen-bond acceptors (Lipinski definition) is 2. The van der Waals surface area contributed by atoms with Crippen molar-refractivity contribution in [2.45, 2.75) is 6.54 Å². The summed E-state index contributed by atoms with van der Waals surface area (Å²) >= 11 is 5.89. The molecule has 94 valence electrons. The third-order valence-electron chi connectivity index (χ3n) is 2.52. The van der Waals surface area contributed by atoms with Crippen LogP contribution < -0.4 is 5.32 Å². The van der Waals surface area contributed by atoms with E-state index in [1.54, 1.807) is 0 Å². The van der Waals surface area contributed by atoms with Gasteiger partial charge in [0, 0.05) is 25.5 Å². The van der Waals surface area contributed by atoms with E-state index in [1.807, 2.05) is 29.1 Å². The van der Waals surface area contributed by atoms with E-state index < -0.39 is 0 Å². The number of rotatable bonds is 4. The largest absolute Gasteiger partial charge is 0.508 e. The molecule has 18 heavy (non-hydrogen) atoms. The molecule has 2 aromatic rings. The summed E-state index contributed by atoms with van der Waals surface area (Å²) in [7, 11) is 0. The zero-order valence-corrected chi connectivity index (χ0v) is 10.4. The number of aromatic nitrogens is 1. The lowest BCUT2D eigenvalue weighted by Gasteiger charge is -2.07. The van der Waals surface area contributed by atoms with Crippen LogP contribution in [0.5, 0.6) is 5.75 Å². The van der Waals surface area contributed by atoms with E-state index in [2.05, 4.69) is 5.32 Å². The maximum absolute atomic E-state index is 11.8. The minimum atomic E-state index is -0.289. The lowest BCUT2D eigenvalue weighted by atomic mass is 10.2. The second-order valence-electron chi connectivity index (χ2n) is 3.84. The van der Waals surface area contributed by atoms with Gasteiger partial charge < -0.3 is 15.0 Å². The maximum atomic E-state index is 11.8. The average Bonchev–Trinajstić information content (AvgIpc) is 2.85. The zero-order valence-electron chi connectivity index (χ0n) is 9.64. The molecule has 1 aromatic carbocycles. The van der Waals surface area contributed by atoms with Crippen LogP contribution in [0.4, 0.5) is 0 Å². The van der Waals surface area contributed by atoms with Gasteiger partial charge in [0.25, 0.3) is 5.91 Å². The third kappa shape index (κ3) is 3.05. The van der Waals surface area contributed by atoms with E-state index in [-0.39, 0.29) is 17.2 Å². The number of hydrogen-bond donors (Lipinski definition) is 2. The number of nitrogens with one attached hydrogen (secondary N) is 1. The van der Waals surface area contributed by atoms with Crippen LogP contribution in [-0.2, 0) is 6.54 Å². The number of phenols is 1. The third-order valence-corrected chi connectivity index (χ3v) is 2.85. The van der Waals surface area contributed by atoms with Crippen LogP contribution in [0.2, 0.25) is 5.02 Å². The van der Waals surface area contributed by atoms with Gasteiger partial charge >= 0.3 is 0 Å². The molecule has 0 bridgehead atoms. The Morgan fingerprint density at radius 3 is 2.78 bits per heavy atom. The Bertz CT molecular complexity index is 538. The van der Waals surface area contributed by atoms with Crippen LogP contribution in [0.1, 0.15) is 10.4 Å². The van der Waals surface area contributed by atoms with E-state index in [1.165, 1.54) is 18.2 Å². The first-order valence-corrected chi connectivity index (χ1v) is 5.92. The van der Waals surface area contributed by atoms with E-state index >= 15 is 0 Å². The van der Waals surface area contributed by atoms with Crippen LogP contribution in [-0.4, -0.2) is 22.1 Å². The van der Waals surface area contributed by atoms with Crippen LogP contribution in [0.15, 0.2) is 42.7 Å². The van der Waals surface area contributed by atoms with Gasteiger partial charge in [0.1, 0.15) is 5.75 Å². The molecule has 2 N–H and O–H groups in total. The molecule has 1 amide bonds. The summed E-state index contributed by atoms with van der Waals surface area (Å²) in [6.45, 7) is 1.19. The quantitative estimate of drug-likeness (QED) is 0.890. The first-order valence-electron chi connectivity index (χ1n) is 5.54. The molecule has 4 nitrogen and oxygen atoms in total. The van der Waals surface area contributed by atoms with Crippen LogP contribution >= 0.6 is 11.6 Å². The van der Waals surface area contributed by atoms with Crippen molar-refractivity contribution in [2.75, 3.05) is 6.54 Å². The summed E-state index contributed by atoms with van der Waals surface area (Å²) in [6.07, 6.45) is 3.85. The molecule has 0 aliphatic carbocycles. The molecule has 0 saturated heterocycles. The monoisotopic (exact) mass is 264 g/mol. The van der Waals surface area contributed by atoms with Crippen LogP contribution in [0.25, 0.3) is 0 Å². The van der Waals surface area contributed by atoms with Gasteiger partial charge in [-0.3, -0.25) is 4.79 Å². The molecule has 0 aliphatic heterocycles. The summed E-state index contributed by atoms with van der Waals surface area (Å²) < 4.78 is 1.96. The highest BCUT2D eigenvalue weighted by Crippen LogP contribution is 2.20. The van der Waals surface area contributed by atoms with E-state index in [9.17, 15) is 9.90 Å². The Kier molecular flexibility index (Phi) is 3.89. The predicted molar refractivity (Wildman–Crippen MR) is 69.9 cm³/mol. The number of carbonyl (C=O) groups is 1. The average molecular weight is 265 g/mol. The fourth-order valence-corrected chi connectivity index (χ4v) is 1.80. The lowest BCUT2D eigenvalue weighted by Crippen LogP contribution is -2.27. The number of phenolic OH excluding ortho intramolecular Hbond substituents is 1. The molecule has 2 rings (SSSR count). The summed E-state index contributed by atoms with van der Waals surface area (Å²) in [6, 6.07) is 8.14. The standard InChI is InChI=1S/C13H13ClN2O2/c14-12-4-3-10(17)9-11(12)13(18)15-5-8-16-6-1-2-7-16/h1-4,6-7,9,17H,5,8H2,(H,15,18). The van der Waals surface area contributed by atoms with Gasteiger partial charge in [-0.2, -0.15) is 0 Å². The molecular formula is C13H13ClN2O2. The van der Waals surface area contributed by atoms with Crippen molar-refractivity contribution in [1.29, 1.82) is 0 Å². The summed E-state index contributed by atoms with van der Waals surface area (Å²) in [5.74, 6) is -0.266. The molecule has 0 radical (unpaired) electrons.